The van der Waals surface area contributed by atoms with Gasteiger partial charge in [-0.1, -0.05) is 18.5 Å². The van der Waals surface area contributed by atoms with Crippen molar-refractivity contribution in [1.82, 2.24) is 15.3 Å². The zero-order valence-corrected chi connectivity index (χ0v) is 13.6. The van der Waals surface area contributed by atoms with Crippen LogP contribution in [0.5, 0.6) is 0 Å². The van der Waals surface area contributed by atoms with Crippen molar-refractivity contribution in [3.05, 3.63) is 46.9 Å². The van der Waals surface area contributed by atoms with Gasteiger partial charge in [0, 0.05) is 22.8 Å². The minimum Gasteiger partial charge on any atom is -0.348 e. The number of amides is 1. The van der Waals surface area contributed by atoms with Gasteiger partial charge in [0.15, 0.2) is 0 Å². The Kier molecular flexibility index (Phi) is 5.33. The molecule has 1 heterocycles. The molecular weight excluding hydrogens is 300 g/mol. The third-order valence-corrected chi connectivity index (χ3v) is 3.43. The third kappa shape index (κ3) is 4.43. The first-order valence-electron chi connectivity index (χ1n) is 7.17. The molecular formula is C16H19ClN4O. The molecule has 0 aliphatic heterocycles. The Bertz CT molecular complexity index is 658. The summed E-state index contributed by atoms with van der Waals surface area (Å²) in [5.74, 6) is 0.913. The van der Waals surface area contributed by atoms with Gasteiger partial charge in [-0.25, -0.2) is 9.97 Å². The number of nitrogens with zero attached hydrogens (tertiary/aromatic N) is 2. The largest absolute Gasteiger partial charge is 0.348 e. The quantitative estimate of drug-likeness (QED) is 0.882. The number of aromatic nitrogens is 2. The molecule has 0 saturated heterocycles. The van der Waals surface area contributed by atoms with Gasteiger partial charge < -0.3 is 10.6 Å². The molecule has 2 aromatic rings. The van der Waals surface area contributed by atoms with Gasteiger partial charge in [0.05, 0.1) is 0 Å². The minimum atomic E-state index is -0.195. The smallest absolute Gasteiger partial charge is 0.270 e. The number of rotatable bonds is 5. The van der Waals surface area contributed by atoms with Crippen LogP contribution in [0.25, 0.3) is 0 Å². The van der Waals surface area contributed by atoms with Crippen LogP contribution in [-0.4, -0.2) is 21.9 Å². The predicted octanol–water partition coefficient (Wildman–Crippen LogP) is 3.71. The Hall–Kier alpha value is -2.14. The van der Waals surface area contributed by atoms with Gasteiger partial charge in [0.2, 0.25) is 0 Å². The van der Waals surface area contributed by atoms with Crippen LogP contribution >= 0.6 is 11.6 Å². The molecule has 0 fully saturated rings. The van der Waals surface area contributed by atoms with E-state index in [0.29, 0.717) is 22.4 Å². The number of anilines is 2. The number of hydrogen-bond acceptors (Lipinski definition) is 4. The number of benzene rings is 1. The van der Waals surface area contributed by atoms with Gasteiger partial charge in [0.25, 0.3) is 5.91 Å². The highest BCUT2D eigenvalue weighted by molar-refractivity contribution is 6.30. The summed E-state index contributed by atoms with van der Waals surface area (Å²) in [6.07, 6.45) is 0.867. The van der Waals surface area contributed by atoms with E-state index in [4.69, 9.17) is 11.6 Å². The van der Waals surface area contributed by atoms with Gasteiger partial charge in [-0.2, -0.15) is 0 Å². The van der Waals surface area contributed by atoms with Crippen molar-refractivity contribution in [1.29, 1.82) is 0 Å². The highest BCUT2D eigenvalue weighted by Crippen LogP contribution is 2.18. The van der Waals surface area contributed by atoms with Crippen molar-refractivity contribution in [2.24, 2.45) is 0 Å². The van der Waals surface area contributed by atoms with Gasteiger partial charge in [0.1, 0.15) is 17.3 Å². The Labute approximate surface area is 135 Å². The maximum atomic E-state index is 12.2. The predicted molar refractivity (Wildman–Crippen MR) is 88.7 cm³/mol. The van der Waals surface area contributed by atoms with Crippen LogP contribution in [0.1, 0.15) is 36.6 Å². The van der Waals surface area contributed by atoms with Crippen LogP contribution in [0.4, 0.5) is 11.5 Å². The second-order valence-corrected chi connectivity index (χ2v) is 5.54. The molecule has 2 rings (SSSR count). The summed E-state index contributed by atoms with van der Waals surface area (Å²) >= 11 is 5.86. The SMILES string of the molecule is CCC(C)NC(=O)c1cc(Nc2ccc(Cl)cc2)nc(C)n1. The van der Waals surface area contributed by atoms with Crippen molar-refractivity contribution >= 4 is 29.0 Å². The molecule has 1 aromatic heterocycles. The van der Waals surface area contributed by atoms with Crippen molar-refractivity contribution in [2.45, 2.75) is 33.2 Å². The molecule has 0 saturated carbocycles. The molecule has 0 aliphatic carbocycles. The highest BCUT2D eigenvalue weighted by atomic mass is 35.5. The normalized spacial score (nSPS) is 11.8. The van der Waals surface area contributed by atoms with E-state index in [1.165, 1.54) is 0 Å². The average molecular weight is 319 g/mol. The van der Waals surface area contributed by atoms with Crippen molar-refractivity contribution in [2.75, 3.05) is 5.32 Å². The third-order valence-electron chi connectivity index (χ3n) is 3.18. The lowest BCUT2D eigenvalue weighted by atomic mass is 10.2. The standard InChI is InChI=1S/C16H19ClN4O/c1-4-10(2)18-16(22)14-9-15(20-11(3)19-14)21-13-7-5-12(17)6-8-13/h5-10H,4H2,1-3H3,(H,18,22)(H,19,20,21). The first-order valence-corrected chi connectivity index (χ1v) is 7.55. The number of carbonyl (C=O) groups is 1. The fourth-order valence-electron chi connectivity index (χ4n) is 1.83. The summed E-state index contributed by atoms with van der Waals surface area (Å²) in [4.78, 5) is 20.7. The van der Waals surface area contributed by atoms with Crippen LogP contribution < -0.4 is 10.6 Å². The molecule has 5 nitrogen and oxygen atoms in total. The molecule has 1 aromatic carbocycles. The second-order valence-electron chi connectivity index (χ2n) is 5.10. The van der Waals surface area contributed by atoms with Crippen molar-refractivity contribution < 1.29 is 4.79 Å². The summed E-state index contributed by atoms with van der Waals surface area (Å²) < 4.78 is 0. The number of aryl methyl sites for hydroxylation is 1. The van der Waals surface area contributed by atoms with Gasteiger partial charge in [-0.05, 0) is 44.5 Å². The zero-order valence-electron chi connectivity index (χ0n) is 12.9. The lowest BCUT2D eigenvalue weighted by Gasteiger charge is -2.12. The Morgan fingerprint density at radius 2 is 1.95 bits per heavy atom. The molecule has 0 spiro atoms. The number of carbonyl (C=O) groups excluding carboxylic acids is 1. The molecule has 0 bridgehead atoms. The lowest BCUT2D eigenvalue weighted by Crippen LogP contribution is -2.32. The van der Waals surface area contributed by atoms with Gasteiger partial charge in [-0.3, -0.25) is 4.79 Å². The van der Waals surface area contributed by atoms with Crippen LogP contribution in [-0.2, 0) is 0 Å². The first-order chi connectivity index (χ1) is 10.5. The van der Waals surface area contributed by atoms with E-state index in [0.717, 1.165) is 12.1 Å². The lowest BCUT2D eigenvalue weighted by molar-refractivity contribution is 0.0934. The average Bonchev–Trinajstić information content (AvgIpc) is 2.49. The zero-order chi connectivity index (χ0) is 16.1. The van der Waals surface area contributed by atoms with Crippen LogP contribution in [0.3, 0.4) is 0 Å². The fraction of sp³-hybridized carbons (Fsp3) is 0.312. The number of nitrogens with one attached hydrogen (secondary N) is 2. The summed E-state index contributed by atoms with van der Waals surface area (Å²) in [5.41, 5.74) is 1.19. The molecule has 0 aliphatic rings. The van der Waals surface area contributed by atoms with E-state index in [9.17, 15) is 4.79 Å². The first kappa shape index (κ1) is 16.2. The van der Waals surface area contributed by atoms with Crippen molar-refractivity contribution in [3.63, 3.8) is 0 Å². The maximum Gasteiger partial charge on any atom is 0.270 e. The number of halogens is 1. The second kappa shape index (κ2) is 7.22. The van der Waals surface area contributed by atoms with E-state index in [2.05, 4.69) is 20.6 Å². The van der Waals surface area contributed by atoms with Gasteiger partial charge in [-0.15, -0.1) is 0 Å². The minimum absolute atomic E-state index is 0.107. The highest BCUT2D eigenvalue weighted by Gasteiger charge is 2.12. The molecule has 1 unspecified atom stereocenters. The van der Waals surface area contributed by atoms with Crippen LogP contribution in [0.15, 0.2) is 30.3 Å². The molecule has 22 heavy (non-hydrogen) atoms. The Balaban J connectivity index is 2.19. The summed E-state index contributed by atoms with van der Waals surface area (Å²) in [7, 11) is 0. The molecule has 116 valence electrons. The van der Waals surface area contributed by atoms with E-state index >= 15 is 0 Å². The van der Waals surface area contributed by atoms with E-state index < -0.39 is 0 Å². The molecule has 1 atom stereocenters. The fourth-order valence-corrected chi connectivity index (χ4v) is 1.95. The Morgan fingerprint density at radius 3 is 2.59 bits per heavy atom. The van der Waals surface area contributed by atoms with Crippen LogP contribution in [0.2, 0.25) is 5.02 Å². The summed E-state index contributed by atoms with van der Waals surface area (Å²) in [5, 5.41) is 6.71. The van der Waals surface area contributed by atoms with Gasteiger partial charge >= 0.3 is 0 Å². The van der Waals surface area contributed by atoms with E-state index in [1.54, 1.807) is 25.1 Å². The van der Waals surface area contributed by atoms with E-state index in [-0.39, 0.29) is 11.9 Å². The van der Waals surface area contributed by atoms with E-state index in [1.807, 2.05) is 26.0 Å². The monoisotopic (exact) mass is 318 g/mol. The topological polar surface area (TPSA) is 66.9 Å². The maximum absolute atomic E-state index is 12.2. The molecule has 6 heteroatoms. The molecule has 2 N–H and O–H groups in total. The van der Waals surface area contributed by atoms with Crippen molar-refractivity contribution in [3.8, 4) is 0 Å². The Morgan fingerprint density at radius 1 is 1.27 bits per heavy atom. The van der Waals surface area contributed by atoms with Crippen LogP contribution in [0, 0.1) is 6.92 Å². The number of hydrogen-bond donors (Lipinski definition) is 2. The molecule has 1 amide bonds. The summed E-state index contributed by atoms with van der Waals surface area (Å²) in [6.45, 7) is 5.73. The molecule has 0 radical (unpaired) electrons. The summed E-state index contributed by atoms with van der Waals surface area (Å²) in [6, 6.07) is 9.01.